The minimum Gasteiger partial charge on any atom is -0.633 e. The lowest BCUT2D eigenvalue weighted by atomic mass is 10.2. The van der Waals surface area contributed by atoms with Crippen molar-refractivity contribution in [1.82, 2.24) is 0 Å². The van der Waals surface area contributed by atoms with Gasteiger partial charge in [0.2, 0.25) is 0 Å². The van der Waals surface area contributed by atoms with E-state index in [1.807, 2.05) is 28.7 Å². The van der Waals surface area contributed by atoms with Crippen LogP contribution in [-0.4, -0.2) is 36.9 Å². The molecule has 0 aromatic heterocycles. The Kier molecular flexibility index (Phi) is 5.77. The molecular formula is C10H14INO3. The fourth-order valence-corrected chi connectivity index (χ4v) is 1.25. The molecule has 0 aliphatic rings. The first-order valence-corrected chi connectivity index (χ1v) is 5.30. The van der Waals surface area contributed by atoms with Crippen LogP contribution in [0, 0.1) is 8.78 Å². The van der Waals surface area contributed by atoms with Crippen molar-refractivity contribution >= 4 is 28.6 Å². The highest BCUT2D eigenvalue weighted by atomic mass is 127. The van der Waals surface area contributed by atoms with Crippen LogP contribution in [0.5, 0.6) is 0 Å². The number of carbonyl (C=O) groups is 1. The third-order valence-electron chi connectivity index (χ3n) is 1.10. The first kappa shape index (κ1) is 14.3. The first-order chi connectivity index (χ1) is 6.72. The van der Waals surface area contributed by atoms with Crippen molar-refractivity contribution in [2.24, 2.45) is 0 Å². The van der Waals surface area contributed by atoms with Crippen LogP contribution in [0.15, 0.2) is 24.3 Å². The largest absolute Gasteiger partial charge is 0.633 e. The number of quaternary nitrogens is 1. The highest BCUT2D eigenvalue weighted by molar-refractivity contribution is 14.1. The van der Waals surface area contributed by atoms with Gasteiger partial charge in [-0.2, -0.15) is 0 Å². The molecule has 5 heteroatoms. The topological polar surface area (TPSA) is 60.4 Å². The number of hydroxylamine groups is 3. The number of hydrogen-bond acceptors (Lipinski definition) is 2. The molecule has 1 N–H and O–H groups in total. The number of aromatic carboxylic acids is 1. The Bertz CT molecular complexity index is 328. The Morgan fingerprint density at radius 2 is 1.73 bits per heavy atom. The molecule has 1 aromatic rings. The summed E-state index contributed by atoms with van der Waals surface area (Å²) in [6.07, 6.45) is 0. The van der Waals surface area contributed by atoms with Gasteiger partial charge in [0, 0.05) is 3.57 Å². The van der Waals surface area contributed by atoms with Crippen LogP contribution in [0.3, 0.4) is 0 Å². The van der Waals surface area contributed by atoms with Crippen molar-refractivity contribution in [2.75, 3.05) is 21.1 Å². The third kappa shape index (κ3) is 8.34. The summed E-state index contributed by atoms with van der Waals surface area (Å²) in [7, 11) is 4.71. The second kappa shape index (κ2) is 6.04. The van der Waals surface area contributed by atoms with Gasteiger partial charge in [0.05, 0.1) is 26.7 Å². The summed E-state index contributed by atoms with van der Waals surface area (Å²) in [5.41, 5.74) is 0.364. The number of carboxylic acids is 1. The molecule has 0 saturated carbocycles. The smallest absolute Gasteiger partial charge is 0.336 e. The molecule has 0 unspecified atom stereocenters. The maximum absolute atomic E-state index is 10.4. The summed E-state index contributed by atoms with van der Waals surface area (Å²) in [6, 6.07) is 6.88. The summed E-state index contributed by atoms with van der Waals surface area (Å²) in [4.78, 5) is 10.4. The summed E-state index contributed by atoms with van der Waals surface area (Å²) >= 11 is 1.99. The van der Waals surface area contributed by atoms with Gasteiger partial charge in [0.1, 0.15) is 0 Å². The average molecular weight is 323 g/mol. The molecule has 0 aliphatic heterocycles. The zero-order valence-corrected chi connectivity index (χ0v) is 11.1. The number of hydrogen-bond donors (Lipinski definition) is 1. The van der Waals surface area contributed by atoms with Crippen molar-refractivity contribution < 1.29 is 14.5 Å². The molecule has 0 saturated heterocycles. The van der Waals surface area contributed by atoms with Crippen molar-refractivity contribution in [3.05, 3.63) is 38.6 Å². The number of rotatable bonds is 1. The molecular weight excluding hydrogens is 309 g/mol. The number of halogens is 1. The molecule has 0 spiro atoms. The van der Waals surface area contributed by atoms with Crippen LogP contribution in [0.25, 0.3) is 0 Å². The molecule has 0 atom stereocenters. The van der Waals surface area contributed by atoms with Crippen LogP contribution >= 0.6 is 22.6 Å². The molecule has 84 valence electrons. The minimum atomic E-state index is -0.870. The first-order valence-electron chi connectivity index (χ1n) is 4.22. The highest BCUT2D eigenvalue weighted by Gasteiger charge is 2.04. The van der Waals surface area contributed by atoms with Crippen LogP contribution < -0.4 is 0 Å². The van der Waals surface area contributed by atoms with Crippen LogP contribution in [-0.2, 0) is 0 Å². The molecule has 4 nitrogen and oxygen atoms in total. The molecule has 0 heterocycles. The van der Waals surface area contributed by atoms with E-state index in [9.17, 15) is 10.0 Å². The Hall–Kier alpha value is -0.660. The average Bonchev–Trinajstić information content (AvgIpc) is 2.01. The quantitative estimate of drug-likeness (QED) is 0.490. The van der Waals surface area contributed by atoms with Crippen LogP contribution in [0.2, 0.25) is 0 Å². The molecule has 0 amide bonds. The molecule has 0 radical (unpaired) electrons. The van der Waals surface area contributed by atoms with Gasteiger partial charge in [0.25, 0.3) is 0 Å². The van der Waals surface area contributed by atoms with E-state index in [4.69, 9.17) is 5.11 Å². The van der Waals surface area contributed by atoms with E-state index in [-0.39, 0.29) is 4.65 Å². The molecule has 1 rings (SSSR count). The Morgan fingerprint density at radius 1 is 1.33 bits per heavy atom. The summed E-state index contributed by atoms with van der Waals surface area (Å²) in [6.45, 7) is 0. The van der Waals surface area contributed by atoms with E-state index >= 15 is 0 Å². The van der Waals surface area contributed by atoms with Crippen molar-refractivity contribution in [2.45, 2.75) is 0 Å². The lowest BCUT2D eigenvalue weighted by Crippen LogP contribution is -2.25. The number of carboxylic acid groups (broad SMARTS) is 1. The van der Waals surface area contributed by atoms with Gasteiger partial charge >= 0.3 is 5.97 Å². The number of benzene rings is 1. The van der Waals surface area contributed by atoms with Crippen molar-refractivity contribution in [3.63, 3.8) is 0 Å². The van der Waals surface area contributed by atoms with E-state index in [2.05, 4.69) is 0 Å². The van der Waals surface area contributed by atoms with E-state index in [1.165, 1.54) is 0 Å². The minimum absolute atomic E-state index is 0.250. The fraction of sp³-hybridized carbons (Fsp3) is 0.300. The van der Waals surface area contributed by atoms with Gasteiger partial charge < -0.3 is 15.0 Å². The second-order valence-corrected chi connectivity index (χ2v) is 4.84. The fourth-order valence-electron chi connectivity index (χ4n) is 0.635. The maximum Gasteiger partial charge on any atom is 0.336 e. The van der Waals surface area contributed by atoms with Crippen molar-refractivity contribution in [1.29, 1.82) is 0 Å². The Balaban J connectivity index is 0.000000336. The second-order valence-electron chi connectivity index (χ2n) is 3.67. The van der Waals surface area contributed by atoms with Gasteiger partial charge in [-0.3, -0.25) is 0 Å². The van der Waals surface area contributed by atoms with Gasteiger partial charge in [-0.15, -0.1) is 0 Å². The zero-order valence-electron chi connectivity index (χ0n) is 8.90. The van der Waals surface area contributed by atoms with E-state index in [1.54, 1.807) is 39.3 Å². The molecule has 0 fully saturated rings. The van der Waals surface area contributed by atoms with Crippen LogP contribution in [0.1, 0.15) is 10.4 Å². The molecule has 15 heavy (non-hydrogen) atoms. The summed E-state index contributed by atoms with van der Waals surface area (Å²) < 4.78 is 0.521. The van der Waals surface area contributed by atoms with Gasteiger partial charge in [-0.25, -0.2) is 4.79 Å². The van der Waals surface area contributed by atoms with E-state index in [0.29, 0.717) is 5.56 Å². The number of nitrogens with zero attached hydrogens (tertiary/aromatic N) is 1. The molecule has 1 aromatic carbocycles. The third-order valence-corrected chi connectivity index (χ3v) is 2.04. The predicted molar refractivity (Wildman–Crippen MR) is 67.5 cm³/mol. The highest BCUT2D eigenvalue weighted by Crippen LogP contribution is 2.10. The molecule has 0 aliphatic carbocycles. The van der Waals surface area contributed by atoms with Gasteiger partial charge in [-0.1, -0.05) is 12.1 Å². The Morgan fingerprint density at radius 3 is 2.00 bits per heavy atom. The molecule has 0 bridgehead atoms. The lowest BCUT2D eigenvalue weighted by molar-refractivity contribution is -0.818. The van der Waals surface area contributed by atoms with Gasteiger partial charge in [0.15, 0.2) is 0 Å². The van der Waals surface area contributed by atoms with Crippen LogP contribution in [0.4, 0.5) is 0 Å². The zero-order chi connectivity index (χ0) is 12.1. The van der Waals surface area contributed by atoms with E-state index < -0.39 is 5.97 Å². The normalized spacial score (nSPS) is 10.2. The van der Waals surface area contributed by atoms with Crippen molar-refractivity contribution in [3.8, 4) is 0 Å². The standard InChI is InChI=1S/C7H5IO2.C3H9NO/c8-6-4-2-1-3-5(6)7(9)10;1-4(2,3)5/h1-4H,(H,9,10);1-3H3. The van der Waals surface area contributed by atoms with Gasteiger partial charge in [-0.05, 0) is 34.7 Å². The SMILES string of the molecule is C[N+](C)(C)[O-].O=C(O)c1ccccc1I. The lowest BCUT2D eigenvalue weighted by Gasteiger charge is -2.27. The van der Waals surface area contributed by atoms with E-state index in [0.717, 1.165) is 3.57 Å². The summed E-state index contributed by atoms with van der Waals surface area (Å²) in [5.74, 6) is -0.870. The monoisotopic (exact) mass is 323 g/mol. The predicted octanol–water partition coefficient (Wildman–Crippen LogP) is 2.18. The Labute approximate surface area is 103 Å². The summed E-state index contributed by atoms with van der Waals surface area (Å²) in [5, 5.41) is 18.6. The maximum atomic E-state index is 10.4.